The van der Waals surface area contributed by atoms with Gasteiger partial charge in [0.1, 0.15) is 12.1 Å². The molecule has 0 aliphatic heterocycles. The number of rotatable bonds is 6. The van der Waals surface area contributed by atoms with Gasteiger partial charge in [-0.1, -0.05) is 30.5 Å². The van der Waals surface area contributed by atoms with Crippen LogP contribution in [0.1, 0.15) is 24.6 Å². The van der Waals surface area contributed by atoms with E-state index in [1.54, 1.807) is 24.4 Å². The van der Waals surface area contributed by atoms with Gasteiger partial charge < -0.3 is 5.32 Å². The molecule has 0 aliphatic carbocycles. The van der Waals surface area contributed by atoms with E-state index >= 15 is 0 Å². The molecule has 0 bridgehead atoms. The molecule has 0 atom stereocenters. The first-order chi connectivity index (χ1) is 13.1. The van der Waals surface area contributed by atoms with E-state index in [4.69, 9.17) is 18.0 Å². The van der Waals surface area contributed by atoms with Crippen molar-refractivity contribution in [1.82, 2.24) is 15.0 Å². The Morgan fingerprint density at radius 3 is 2.93 bits per heavy atom. The van der Waals surface area contributed by atoms with Crippen molar-refractivity contribution in [1.29, 1.82) is 0 Å². The second kappa shape index (κ2) is 8.43. The summed E-state index contributed by atoms with van der Waals surface area (Å²) in [4.78, 5) is 24.9. The summed E-state index contributed by atoms with van der Waals surface area (Å²) in [5.41, 5.74) is 2.69. The molecule has 3 aromatic rings. The number of pyridine rings is 1. The van der Waals surface area contributed by atoms with Gasteiger partial charge in [-0.25, -0.2) is 9.97 Å². The molecule has 0 unspecified atom stereocenters. The van der Waals surface area contributed by atoms with E-state index in [0.29, 0.717) is 27.6 Å². The molecule has 0 radical (unpaired) electrons. The highest BCUT2D eigenvalue weighted by Crippen LogP contribution is 2.26. The first-order valence-electron chi connectivity index (χ1n) is 8.43. The molecule has 0 spiro atoms. The molecular formula is C21H17ClN4O. The molecule has 3 rings (SSSR count). The maximum atomic E-state index is 12.0. The Hall–Kier alpha value is -3.23. The number of aromatic nitrogens is 3. The number of fused-ring (bicyclic) bond motifs is 1. The number of hydrogen-bond donors (Lipinski definition) is 1. The van der Waals surface area contributed by atoms with Crippen molar-refractivity contribution in [2.24, 2.45) is 0 Å². The molecule has 0 amide bonds. The Morgan fingerprint density at radius 1 is 1.30 bits per heavy atom. The van der Waals surface area contributed by atoms with E-state index in [1.165, 1.54) is 6.33 Å². The highest BCUT2D eigenvalue weighted by atomic mass is 35.5. The van der Waals surface area contributed by atoms with Crippen LogP contribution in [0.3, 0.4) is 0 Å². The molecule has 134 valence electrons. The molecule has 0 fully saturated rings. The summed E-state index contributed by atoms with van der Waals surface area (Å²) in [6, 6.07) is 7.15. The fourth-order valence-corrected chi connectivity index (χ4v) is 2.71. The van der Waals surface area contributed by atoms with E-state index < -0.39 is 0 Å². The second-order valence-electron chi connectivity index (χ2n) is 5.83. The van der Waals surface area contributed by atoms with E-state index in [-0.39, 0.29) is 12.2 Å². The predicted octanol–water partition coefficient (Wildman–Crippen LogP) is 4.48. The van der Waals surface area contributed by atoms with Crippen molar-refractivity contribution in [3.63, 3.8) is 0 Å². The summed E-state index contributed by atoms with van der Waals surface area (Å²) in [5.74, 6) is 3.16. The Labute approximate surface area is 162 Å². The molecule has 2 aromatic heterocycles. The summed E-state index contributed by atoms with van der Waals surface area (Å²) in [6.45, 7) is 1.98. The topological polar surface area (TPSA) is 67.8 Å². The van der Waals surface area contributed by atoms with E-state index in [9.17, 15) is 4.79 Å². The first-order valence-corrected chi connectivity index (χ1v) is 8.80. The van der Waals surface area contributed by atoms with Crippen LogP contribution in [0.25, 0.3) is 10.9 Å². The Morgan fingerprint density at radius 2 is 2.15 bits per heavy atom. The van der Waals surface area contributed by atoms with Gasteiger partial charge in [-0.3, -0.25) is 9.78 Å². The number of carbonyl (C=O) groups excluding carboxylic acids is 1. The van der Waals surface area contributed by atoms with Crippen molar-refractivity contribution in [3.05, 3.63) is 65.2 Å². The largest absolute Gasteiger partial charge is 0.340 e. The molecule has 1 N–H and O–H groups in total. The minimum atomic E-state index is 0.00595. The predicted molar refractivity (Wildman–Crippen MR) is 108 cm³/mol. The lowest BCUT2D eigenvalue weighted by atomic mass is 10.1. The standard InChI is InChI=1S/C21H17ClN4O/c1-3-5-6-17(27)10-16-11-18-20(12-23-16)24-13-25-21(18)26-15-7-8-19(22)14(4-2)9-15/h2,5-9,11-13H,3,10H2,1H3,(H,24,25,26)/b6-5+. The van der Waals surface area contributed by atoms with Crippen molar-refractivity contribution < 1.29 is 4.79 Å². The van der Waals surface area contributed by atoms with Crippen LogP contribution < -0.4 is 5.32 Å². The minimum Gasteiger partial charge on any atom is -0.340 e. The lowest BCUT2D eigenvalue weighted by Crippen LogP contribution is -2.02. The Bertz CT molecular complexity index is 1070. The number of allylic oxidation sites excluding steroid dienone is 2. The van der Waals surface area contributed by atoms with Gasteiger partial charge in [0.2, 0.25) is 0 Å². The van der Waals surface area contributed by atoms with Gasteiger partial charge in [-0.2, -0.15) is 0 Å². The number of halogens is 1. The summed E-state index contributed by atoms with van der Waals surface area (Å²) in [5, 5.41) is 4.52. The zero-order chi connectivity index (χ0) is 19.2. The fourth-order valence-electron chi connectivity index (χ4n) is 2.54. The quantitative estimate of drug-likeness (QED) is 0.507. The van der Waals surface area contributed by atoms with Crippen LogP contribution >= 0.6 is 11.6 Å². The number of hydrogen-bond acceptors (Lipinski definition) is 5. The highest BCUT2D eigenvalue weighted by Gasteiger charge is 2.09. The zero-order valence-electron chi connectivity index (χ0n) is 14.7. The normalized spacial score (nSPS) is 10.9. The van der Waals surface area contributed by atoms with Gasteiger partial charge in [-0.05, 0) is 36.8 Å². The van der Waals surface area contributed by atoms with Gasteiger partial charge in [0.25, 0.3) is 0 Å². The number of terminal acetylenes is 1. The van der Waals surface area contributed by atoms with Crippen LogP contribution in [0.4, 0.5) is 11.5 Å². The molecule has 2 heterocycles. The first kappa shape index (κ1) is 18.6. The second-order valence-corrected chi connectivity index (χ2v) is 6.24. The molecule has 6 heteroatoms. The molecule has 0 saturated heterocycles. The van der Waals surface area contributed by atoms with E-state index in [2.05, 4.69) is 26.2 Å². The van der Waals surface area contributed by atoms with Crippen LogP contribution in [-0.4, -0.2) is 20.7 Å². The molecule has 0 saturated carbocycles. The van der Waals surface area contributed by atoms with E-state index in [0.717, 1.165) is 17.5 Å². The minimum absolute atomic E-state index is 0.00595. The van der Waals surface area contributed by atoms with Gasteiger partial charge in [0, 0.05) is 22.3 Å². The maximum Gasteiger partial charge on any atom is 0.161 e. The van der Waals surface area contributed by atoms with Crippen LogP contribution in [0.2, 0.25) is 5.02 Å². The average Bonchev–Trinajstić information content (AvgIpc) is 2.68. The monoisotopic (exact) mass is 376 g/mol. The average molecular weight is 377 g/mol. The summed E-state index contributed by atoms with van der Waals surface area (Å²) >= 11 is 6.06. The third kappa shape index (κ3) is 4.49. The highest BCUT2D eigenvalue weighted by molar-refractivity contribution is 6.31. The van der Waals surface area contributed by atoms with Crippen LogP contribution in [-0.2, 0) is 11.2 Å². The van der Waals surface area contributed by atoms with Crippen molar-refractivity contribution in [2.75, 3.05) is 5.32 Å². The molecule has 0 aliphatic rings. The van der Waals surface area contributed by atoms with Crippen molar-refractivity contribution >= 4 is 39.8 Å². The smallest absolute Gasteiger partial charge is 0.161 e. The Balaban J connectivity index is 1.93. The molecule has 5 nitrogen and oxygen atoms in total. The SMILES string of the molecule is C#Cc1cc(Nc2ncnc3cnc(CC(=O)/C=C/CC)cc23)ccc1Cl. The summed E-state index contributed by atoms with van der Waals surface area (Å²) in [7, 11) is 0. The number of ketones is 1. The maximum absolute atomic E-state index is 12.0. The lowest BCUT2D eigenvalue weighted by molar-refractivity contribution is -0.114. The van der Waals surface area contributed by atoms with E-state index in [1.807, 2.05) is 25.1 Å². The molecular weight excluding hydrogens is 360 g/mol. The number of anilines is 2. The number of benzene rings is 1. The number of nitrogens with one attached hydrogen (secondary N) is 1. The third-order valence-electron chi connectivity index (χ3n) is 3.86. The van der Waals surface area contributed by atoms with Crippen molar-refractivity contribution in [3.8, 4) is 12.3 Å². The molecule has 1 aromatic carbocycles. The van der Waals surface area contributed by atoms with Gasteiger partial charge >= 0.3 is 0 Å². The fraction of sp³-hybridized carbons (Fsp3) is 0.143. The number of carbonyl (C=O) groups is 1. The lowest BCUT2D eigenvalue weighted by Gasteiger charge is -2.10. The van der Waals surface area contributed by atoms with Crippen LogP contribution in [0.15, 0.2) is 48.9 Å². The third-order valence-corrected chi connectivity index (χ3v) is 4.19. The Kier molecular flexibility index (Phi) is 5.80. The summed E-state index contributed by atoms with van der Waals surface area (Å²) in [6.07, 6.45) is 13.0. The molecule has 27 heavy (non-hydrogen) atoms. The summed E-state index contributed by atoms with van der Waals surface area (Å²) < 4.78 is 0. The van der Waals surface area contributed by atoms with Crippen LogP contribution in [0, 0.1) is 12.3 Å². The van der Waals surface area contributed by atoms with Crippen LogP contribution in [0.5, 0.6) is 0 Å². The van der Waals surface area contributed by atoms with Gasteiger partial charge in [0.15, 0.2) is 5.78 Å². The number of nitrogens with zero attached hydrogens (tertiary/aromatic N) is 3. The van der Waals surface area contributed by atoms with Gasteiger partial charge in [0.05, 0.1) is 23.2 Å². The zero-order valence-corrected chi connectivity index (χ0v) is 15.5. The van der Waals surface area contributed by atoms with Crippen molar-refractivity contribution in [2.45, 2.75) is 19.8 Å². The van der Waals surface area contributed by atoms with Gasteiger partial charge in [-0.15, -0.1) is 6.42 Å².